The first-order chi connectivity index (χ1) is 3.00. The van der Waals surface area contributed by atoms with E-state index in [1.165, 1.54) is 0 Å². The molecule has 4 heteroatoms. The first-order valence-electron chi connectivity index (χ1n) is 2.00. The van der Waals surface area contributed by atoms with Crippen LogP contribution in [0.25, 0.3) is 0 Å². The van der Waals surface area contributed by atoms with Gasteiger partial charge in [0.1, 0.15) is 0 Å². The molecule has 0 saturated heterocycles. The molecule has 0 aliphatic carbocycles. The van der Waals surface area contributed by atoms with E-state index < -0.39 is 0 Å². The quantitative estimate of drug-likeness (QED) is 0.399. The summed E-state index contributed by atoms with van der Waals surface area (Å²) in [5.41, 5.74) is 0. The van der Waals surface area contributed by atoms with Crippen LogP contribution < -0.4 is 0 Å². The minimum atomic E-state index is 0. The van der Waals surface area contributed by atoms with Crippen LogP contribution in [0.3, 0.4) is 0 Å². The molecular formula is C6H10I4. The Hall–Kier alpha value is 2.14. The topological polar surface area (TPSA) is 0 Å². The molecule has 0 atom stereocenters. The highest BCUT2D eigenvalue weighted by atomic mass is 127. The van der Waals surface area contributed by atoms with Gasteiger partial charge in [0.2, 0.25) is 0 Å². The van der Waals surface area contributed by atoms with Crippen molar-refractivity contribution in [1.82, 2.24) is 0 Å². The van der Waals surface area contributed by atoms with Gasteiger partial charge in [-0.2, -0.15) is 0 Å². The van der Waals surface area contributed by atoms with Crippen molar-refractivity contribution in [1.29, 1.82) is 0 Å². The van der Waals surface area contributed by atoms with Gasteiger partial charge in [-0.3, -0.25) is 0 Å². The normalized spacial score (nSPS) is 4.80. The van der Waals surface area contributed by atoms with Crippen LogP contribution >= 0.6 is 95.9 Å². The van der Waals surface area contributed by atoms with Crippen molar-refractivity contribution in [2.24, 2.45) is 0 Å². The van der Waals surface area contributed by atoms with E-state index in [0.29, 0.717) is 0 Å². The van der Waals surface area contributed by atoms with Gasteiger partial charge in [-0.25, -0.2) is 0 Å². The zero-order valence-electron chi connectivity index (χ0n) is 5.10. The summed E-state index contributed by atoms with van der Waals surface area (Å²) in [7, 11) is 0. The van der Waals surface area contributed by atoms with Gasteiger partial charge in [0.05, 0.1) is 0 Å². The van der Waals surface area contributed by atoms with Gasteiger partial charge in [-0.1, -0.05) is 36.4 Å². The minimum absolute atomic E-state index is 0. The van der Waals surface area contributed by atoms with E-state index in [1.54, 1.807) is 0 Å². The Morgan fingerprint density at radius 1 is 0.300 bits per heavy atom. The molecule has 0 bridgehead atoms. The molecule has 0 aliphatic rings. The summed E-state index contributed by atoms with van der Waals surface area (Å²) in [4.78, 5) is 0. The van der Waals surface area contributed by atoms with Crippen LogP contribution in [0.2, 0.25) is 0 Å². The van der Waals surface area contributed by atoms with Crippen molar-refractivity contribution >= 4 is 95.9 Å². The zero-order chi connectivity index (χ0) is 4.24. The molecule has 0 saturated carbocycles. The van der Waals surface area contributed by atoms with Crippen molar-refractivity contribution in [2.75, 3.05) is 0 Å². The number of rotatable bonds is 0. The first-order valence-corrected chi connectivity index (χ1v) is 2.00. The molecule has 0 spiro atoms. The van der Waals surface area contributed by atoms with E-state index in [9.17, 15) is 0 Å². The fraction of sp³-hybridized carbons (Fsp3) is 0. The Morgan fingerprint density at radius 2 is 0.400 bits per heavy atom. The molecule has 0 fully saturated rings. The molecule has 1 aromatic carbocycles. The van der Waals surface area contributed by atoms with E-state index >= 15 is 0 Å². The molecule has 0 nitrogen and oxygen atoms in total. The lowest BCUT2D eigenvalue weighted by molar-refractivity contribution is 1.72. The number of hydrogen-bond donors (Lipinski definition) is 0. The standard InChI is InChI=1S/C6H6.4HI/c1-2-4-6-5-3-1;;;;/h1-6H;4*1H. The highest BCUT2D eigenvalue weighted by molar-refractivity contribution is 14.0. The molecule has 0 heterocycles. The average molecular weight is 590 g/mol. The Bertz CT molecular complexity index is 81.7. The van der Waals surface area contributed by atoms with Crippen LogP contribution in [0.5, 0.6) is 0 Å². The molecule has 1 rings (SSSR count). The van der Waals surface area contributed by atoms with Crippen molar-refractivity contribution in [3.63, 3.8) is 0 Å². The van der Waals surface area contributed by atoms with Gasteiger partial charge in [-0.05, 0) is 0 Å². The summed E-state index contributed by atoms with van der Waals surface area (Å²) in [6.45, 7) is 0. The fourth-order valence-corrected chi connectivity index (χ4v) is 0.385. The predicted molar refractivity (Wildman–Crippen MR) is 88.1 cm³/mol. The zero-order valence-corrected chi connectivity index (χ0v) is 14.4. The highest BCUT2D eigenvalue weighted by Crippen LogP contribution is 1.79. The van der Waals surface area contributed by atoms with Crippen LogP contribution in [-0.2, 0) is 0 Å². The van der Waals surface area contributed by atoms with Crippen molar-refractivity contribution < 1.29 is 0 Å². The second-order valence-corrected chi connectivity index (χ2v) is 1.15. The molecule has 0 N–H and O–H groups in total. The van der Waals surface area contributed by atoms with Crippen molar-refractivity contribution in [3.05, 3.63) is 36.4 Å². The maximum atomic E-state index is 2.00. The highest BCUT2D eigenvalue weighted by Gasteiger charge is 1.57. The fourth-order valence-electron chi connectivity index (χ4n) is 0.385. The Morgan fingerprint density at radius 3 is 0.500 bits per heavy atom. The lowest BCUT2D eigenvalue weighted by Gasteiger charge is -1.69. The van der Waals surface area contributed by atoms with Gasteiger partial charge in [0, 0.05) is 0 Å². The molecule has 0 radical (unpaired) electrons. The molecule has 0 aliphatic heterocycles. The third-order valence-corrected chi connectivity index (χ3v) is 0.667. The van der Waals surface area contributed by atoms with Gasteiger partial charge in [-0.15, -0.1) is 95.9 Å². The number of halogens is 4. The van der Waals surface area contributed by atoms with E-state index in [0.717, 1.165) is 0 Å². The number of benzene rings is 1. The van der Waals surface area contributed by atoms with E-state index in [1.807, 2.05) is 36.4 Å². The first kappa shape index (κ1) is 22.7. The molecule has 0 unspecified atom stereocenters. The maximum absolute atomic E-state index is 2.00. The van der Waals surface area contributed by atoms with Crippen LogP contribution in [0.15, 0.2) is 36.4 Å². The van der Waals surface area contributed by atoms with Gasteiger partial charge in [0.15, 0.2) is 0 Å². The SMILES string of the molecule is I.I.I.I.c1ccccc1. The summed E-state index contributed by atoms with van der Waals surface area (Å²) >= 11 is 0. The summed E-state index contributed by atoms with van der Waals surface area (Å²) in [5.74, 6) is 0. The second kappa shape index (κ2) is 17.3. The van der Waals surface area contributed by atoms with Crippen LogP contribution in [-0.4, -0.2) is 0 Å². The largest absolute Gasteiger partial charge is 0.107 e. The van der Waals surface area contributed by atoms with Gasteiger partial charge in [0.25, 0.3) is 0 Å². The van der Waals surface area contributed by atoms with E-state index in [4.69, 9.17) is 0 Å². The van der Waals surface area contributed by atoms with E-state index in [-0.39, 0.29) is 95.9 Å². The van der Waals surface area contributed by atoms with E-state index in [2.05, 4.69) is 0 Å². The van der Waals surface area contributed by atoms with Crippen LogP contribution in [0.4, 0.5) is 0 Å². The molecular weight excluding hydrogens is 580 g/mol. The van der Waals surface area contributed by atoms with Crippen LogP contribution in [0, 0.1) is 0 Å². The Kier molecular flexibility index (Phi) is 39.3. The maximum Gasteiger partial charge on any atom is -0.0623 e. The van der Waals surface area contributed by atoms with Crippen molar-refractivity contribution in [3.8, 4) is 0 Å². The second-order valence-electron chi connectivity index (χ2n) is 1.15. The van der Waals surface area contributed by atoms with Crippen LogP contribution in [0.1, 0.15) is 0 Å². The summed E-state index contributed by atoms with van der Waals surface area (Å²) in [5, 5.41) is 0. The molecule has 10 heavy (non-hydrogen) atoms. The smallest absolute Gasteiger partial charge is 0.0623 e. The molecule has 0 aromatic heterocycles. The molecule has 62 valence electrons. The molecule has 1 aromatic rings. The third kappa shape index (κ3) is 12.8. The summed E-state index contributed by atoms with van der Waals surface area (Å²) < 4.78 is 0. The predicted octanol–water partition coefficient (Wildman–Crippen LogP) is 4.16. The van der Waals surface area contributed by atoms with Crippen molar-refractivity contribution in [2.45, 2.75) is 0 Å². The average Bonchev–Trinajstić information content (AvgIpc) is 1.72. The Balaban J connectivity index is -0.0000000450. The Labute approximate surface area is 130 Å². The summed E-state index contributed by atoms with van der Waals surface area (Å²) in [6, 6.07) is 12.0. The third-order valence-electron chi connectivity index (χ3n) is 0.667. The van der Waals surface area contributed by atoms with Gasteiger partial charge < -0.3 is 0 Å². The lowest BCUT2D eigenvalue weighted by Crippen LogP contribution is -1.47. The monoisotopic (exact) mass is 590 g/mol. The minimum Gasteiger partial charge on any atom is -0.107 e. The summed E-state index contributed by atoms with van der Waals surface area (Å²) in [6.07, 6.45) is 0. The molecule has 0 amide bonds. The lowest BCUT2D eigenvalue weighted by atomic mass is 10.4. The number of hydrogen-bond acceptors (Lipinski definition) is 0. The van der Waals surface area contributed by atoms with Gasteiger partial charge >= 0.3 is 0 Å².